The monoisotopic (exact) mass is 560 g/mol. The number of carbonyl (C=O) groups excluding carboxylic acids is 1. The maximum Gasteiger partial charge on any atom is 0.282 e. The number of ketones is 1. The van der Waals surface area contributed by atoms with Crippen LogP contribution in [0, 0.1) is 11.6 Å². The molecular weight excluding hydrogens is 534 g/mol. The number of anilines is 1. The number of fused-ring (bicyclic) bond motifs is 1. The number of hydrogen-bond donors (Lipinski definition) is 3. The van der Waals surface area contributed by atoms with Crippen LogP contribution in [-0.4, -0.2) is 48.0 Å². The number of H-pyrrole nitrogens is 1. The average molecular weight is 561 g/mol. The van der Waals surface area contributed by atoms with Gasteiger partial charge in [0.2, 0.25) is 0 Å². The van der Waals surface area contributed by atoms with E-state index in [1.165, 1.54) is 60.9 Å². The minimum Gasteiger partial charge on any atom is -0.453 e. The van der Waals surface area contributed by atoms with Crippen LogP contribution in [0.1, 0.15) is 36.2 Å². The summed E-state index contributed by atoms with van der Waals surface area (Å²) in [5, 5.41) is 24.2. The number of hydrogen-bond acceptors (Lipinski definition) is 8. The fourth-order valence-corrected chi connectivity index (χ4v) is 4.29. The van der Waals surface area contributed by atoms with Gasteiger partial charge in [0.05, 0.1) is 11.3 Å². The number of aromatic amines is 1. The number of Topliss-reactive ketones (excluding diaryl/α,β-unsaturated/α-hetero) is 1. The van der Waals surface area contributed by atoms with Crippen molar-refractivity contribution in [2.24, 2.45) is 0 Å². The van der Waals surface area contributed by atoms with E-state index in [1.54, 1.807) is 6.07 Å². The maximum atomic E-state index is 15.2. The molecule has 41 heavy (non-hydrogen) atoms. The van der Waals surface area contributed by atoms with Crippen molar-refractivity contribution in [3.8, 4) is 17.2 Å². The summed E-state index contributed by atoms with van der Waals surface area (Å²) in [5.74, 6) is -1.06. The van der Waals surface area contributed by atoms with Gasteiger partial charge in [-0.1, -0.05) is 6.07 Å². The first-order chi connectivity index (χ1) is 19.6. The predicted octanol–water partition coefficient (Wildman–Crippen LogP) is 4.57. The van der Waals surface area contributed by atoms with E-state index in [2.05, 4.69) is 25.6 Å². The second kappa shape index (κ2) is 11.3. The number of benzene rings is 2. The van der Waals surface area contributed by atoms with Gasteiger partial charge in [-0.3, -0.25) is 14.7 Å². The van der Waals surface area contributed by atoms with Gasteiger partial charge in [0.15, 0.2) is 28.8 Å². The molecule has 10 nitrogen and oxygen atoms in total. The summed E-state index contributed by atoms with van der Waals surface area (Å²) in [7, 11) is 0. The number of nitrogens with one attached hydrogen (secondary N) is 2. The van der Waals surface area contributed by atoms with E-state index in [4.69, 9.17) is 4.74 Å². The third-order valence-corrected chi connectivity index (χ3v) is 6.42. The highest BCUT2D eigenvalue weighted by atomic mass is 19.1. The highest BCUT2D eigenvalue weighted by molar-refractivity contribution is 5.97. The van der Waals surface area contributed by atoms with Crippen molar-refractivity contribution in [2.75, 3.05) is 11.9 Å². The molecule has 3 N–H and O–H groups in total. The van der Waals surface area contributed by atoms with Gasteiger partial charge in [0, 0.05) is 37.0 Å². The van der Waals surface area contributed by atoms with E-state index < -0.39 is 28.5 Å². The molecule has 3 aromatic heterocycles. The largest absolute Gasteiger partial charge is 0.453 e. The number of rotatable bonds is 10. The molecule has 0 unspecified atom stereocenters. The van der Waals surface area contributed by atoms with Crippen LogP contribution >= 0.6 is 0 Å². The lowest BCUT2D eigenvalue weighted by Crippen LogP contribution is -2.32. The molecule has 0 radical (unpaired) electrons. The number of carbonyl (C=O) groups is 1. The summed E-state index contributed by atoms with van der Waals surface area (Å²) in [6.07, 6.45) is 3.02. The van der Waals surface area contributed by atoms with Crippen molar-refractivity contribution in [3.05, 3.63) is 100 Å². The van der Waals surface area contributed by atoms with Gasteiger partial charge in [-0.25, -0.2) is 13.8 Å². The molecule has 0 saturated carbocycles. The van der Waals surface area contributed by atoms with Crippen LogP contribution in [-0.2, 0) is 6.42 Å². The molecule has 0 saturated heterocycles. The summed E-state index contributed by atoms with van der Waals surface area (Å²) in [4.78, 5) is 30.1. The molecule has 2 aromatic carbocycles. The van der Waals surface area contributed by atoms with E-state index >= 15 is 4.39 Å². The molecule has 0 aliphatic heterocycles. The second-order valence-electron chi connectivity index (χ2n) is 9.99. The molecule has 12 heteroatoms. The van der Waals surface area contributed by atoms with Gasteiger partial charge >= 0.3 is 0 Å². The van der Waals surface area contributed by atoms with E-state index in [-0.39, 0.29) is 24.3 Å². The number of halogens is 2. The number of pyridine rings is 1. The molecule has 3 heterocycles. The Bertz CT molecular complexity index is 1780. The van der Waals surface area contributed by atoms with Gasteiger partial charge < -0.3 is 15.2 Å². The highest BCUT2D eigenvalue weighted by Crippen LogP contribution is 2.35. The van der Waals surface area contributed by atoms with Gasteiger partial charge in [0.1, 0.15) is 17.0 Å². The summed E-state index contributed by atoms with van der Waals surface area (Å²) in [6, 6.07) is 12.1. The normalized spacial score (nSPS) is 11.5. The quantitative estimate of drug-likeness (QED) is 0.212. The number of nitrogens with zero attached hydrogens (tertiary/aromatic N) is 4. The number of aromatic nitrogens is 5. The summed E-state index contributed by atoms with van der Waals surface area (Å²) >= 11 is 0. The van der Waals surface area contributed by atoms with Gasteiger partial charge in [-0.15, -0.1) is 0 Å². The lowest BCUT2D eigenvalue weighted by atomic mass is 10.0. The van der Waals surface area contributed by atoms with Crippen molar-refractivity contribution < 1.29 is 23.4 Å². The lowest BCUT2D eigenvalue weighted by molar-refractivity contribution is 0.0990. The predicted molar refractivity (Wildman–Crippen MR) is 148 cm³/mol. The van der Waals surface area contributed by atoms with Crippen LogP contribution in [0.15, 0.2) is 71.8 Å². The fraction of sp³-hybridized carbons (Fsp3) is 0.207. The minimum atomic E-state index is -0.711. The van der Waals surface area contributed by atoms with Gasteiger partial charge in [0.25, 0.3) is 5.56 Å². The Hall–Kier alpha value is -4.97. The van der Waals surface area contributed by atoms with Crippen LogP contribution in [0.25, 0.3) is 16.7 Å². The minimum absolute atomic E-state index is 0.0183. The molecule has 210 valence electrons. The molecule has 5 aromatic rings. The standard InChI is InChI=1S/C29H26F2N6O4/c1-29(2,11-14-38)34-27-25-24(10-12-32-26(25)35-36-27)41-23-8-3-17(15-21(23)31)16-22(39)20-9-13-33-37(28(20)40)19-6-4-18(30)5-7-19/h3-10,12-13,15,38H,11,14,16H2,1-2H3,(H2,32,34,35,36). The number of aliphatic hydroxyl groups excluding tert-OH is 1. The van der Waals surface area contributed by atoms with E-state index in [1.807, 2.05) is 13.8 Å². The SMILES string of the molecule is CC(C)(CCO)Nc1n[nH]c2nccc(Oc3ccc(CC(=O)c4ccnn(-c5ccc(F)cc5)c4=O)cc3F)c12. The van der Waals surface area contributed by atoms with Gasteiger partial charge in [-0.05, 0) is 68.3 Å². The Morgan fingerprint density at radius 1 is 1.07 bits per heavy atom. The lowest BCUT2D eigenvalue weighted by Gasteiger charge is -2.25. The van der Waals surface area contributed by atoms with Crippen molar-refractivity contribution in [1.82, 2.24) is 25.0 Å². The highest BCUT2D eigenvalue weighted by Gasteiger charge is 2.22. The number of aliphatic hydroxyl groups is 1. The van der Waals surface area contributed by atoms with Crippen LogP contribution in [0.2, 0.25) is 0 Å². The third-order valence-electron chi connectivity index (χ3n) is 6.42. The van der Waals surface area contributed by atoms with Crippen LogP contribution in [0.5, 0.6) is 11.5 Å². The molecule has 0 bridgehead atoms. The average Bonchev–Trinajstić information content (AvgIpc) is 3.33. The first kappa shape index (κ1) is 27.6. The Labute approximate surface area is 232 Å². The Morgan fingerprint density at radius 3 is 2.59 bits per heavy atom. The zero-order chi connectivity index (χ0) is 29.1. The van der Waals surface area contributed by atoms with Crippen LogP contribution in [0.3, 0.4) is 0 Å². The zero-order valence-corrected chi connectivity index (χ0v) is 22.2. The maximum absolute atomic E-state index is 15.2. The molecule has 5 rings (SSSR count). The fourth-order valence-electron chi connectivity index (χ4n) is 4.29. The second-order valence-corrected chi connectivity index (χ2v) is 9.99. The first-order valence-corrected chi connectivity index (χ1v) is 12.7. The van der Waals surface area contributed by atoms with Crippen LogP contribution < -0.4 is 15.6 Å². The van der Waals surface area contributed by atoms with Crippen LogP contribution in [0.4, 0.5) is 14.6 Å². The zero-order valence-electron chi connectivity index (χ0n) is 22.2. The topological polar surface area (TPSA) is 135 Å². The molecule has 0 amide bonds. The van der Waals surface area contributed by atoms with E-state index in [0.717, 1.165) is 4.68 Å². The smallest absolute Gasteiger partial charge is 0.282 e. The molecular formula is C29H26F2N6O4. The number of ether oxygens (including phenoxy) is 1. The molecule has 0 aliphatic rings. The van der Waals surface area contributed by atoms with Crippen molar-refractivity contribution >= 4 is 22.6 Å². The Kier molecular flexibility index (Phi) is 7.58. The molecule has 0 atom stereocenters. The Morgan fingerprint density at radius 2 is 1.85 bits per heavy atom. The summed E-state index contributed by atoms with van der Waals surface area (Å²) < 4.78 is 35.3. The van der Waals surface area contributed by atoms with Crippen molar-refractivity contribution in [3.63, 3.8) is 0 Å². The van der Waals surface area contributed by atoms with E-state index in [9.17, 15) is 19.1 Å². The molecule has 0 aliphatic carbocycles. The van der Waals surface area contributed by atoms with Gasteiger partial charge in [-0.2, -0.15) is 14.9 Å². The summed E-state index contributed by atoms with van der Waals surface area (Å²) in [5.41, 5.74) is -0.222. The summed E-state index contributed by atoms with van der Waals surface area (Å²) in [6.45, 7) is 3.80. The molecule has 0 spiro atoms. The molecule has 0 fully saturated rings. The van der Waals surface area contributed by atoms with E-state index in [0.29, 0.717) is 40.3 Å². The van der Waals surface area contributed by atoms with Crippen molar-refractivity contribution in [1.29, 1.82) is 0 Å². The third kappa shape index (κ3) is 5.97. The first-order valence-electron chi connectivity index (χ1n) is 12.7. The van der Waals surface area contributed by atoms with Crippen molar-refractivity contribution in [2.45, 2.75) is 32.2 Å². The Balaban J connectivity index is 1.36.